The molecule has 1 aliphatic rings. The van der Waals surface area contributed by atoms with Gasteiger partial charge in [0.05, 0.1) is 9.79 Å². The van der Waals surface area contributed by atoms with Gasteiger partial charge in [-0.3, -0.25) is 0 Å². The number of benzene rings is 2. The van der Waals surface area contributed by atoms with E-state index in [0.29, 0.717) is 5.92 Å². The lowest BCUT2D eigenvalue weighted by atomic mass is 9.75. The van der Waals surface area contributed by atoms with Gasteiger partial charge < -0.3 is 4.79 Å². The fourth-order valence-electron chi connectivity index (χ4n) is 4.57. The van der Waals surface area contributed by atoms with Crippen molar-refractivity contribution in [2.24, 2.45) is 17.8 Å². The van der Waals surface area contributed by atoms with E-state index in [2.05, 4.69) is 0 Å². The SMILES string of the molecule is C[C@@H](C1CCCCC1)[C@@H](C=O)CC(S(=O)(=O)c1ccccc1)S(=O)(=O)c1ccccc1. The summed E-state index contributed by atoms with van der Waals surface area (Å²) in [7, 11) is -8.45. The first-order chi connectivity index (χ1) is 14.8. The van der Waals surface area contributed by atoms with E-state index in [1.54, 1.807) is 36.4 Å². The van der Waals surface area contributed by atoms with Gasteiger partial charge in [-0.15, -0.1) is 0 Å². The van der Waals surface area contributed by atoms with Crippen molar-refractivity contribution in [3.63, 3.8) is 0 Å². The van der Waals surface area contributed by atoms with E-state index >= 15 is 0 Å². The van der Waals surface area contributed by atoms with E-state index in [9.17, 15) is 21.6 Å². The van der Waals surface area contributed by atoms with Gasteiger partial charge in [-0.25, -0.2) is 16.8 Å². The fourth-order valence-corrected chi connectivity index (χ4v) is 9.20. The van der Waals surface area contributed by atoms with Crippen molar-refractivity contribution >= 4 is 26.0 Å². The second-order valence-corrected chi connectivity index (χ2v) is 13.0. The third-order valence-electron chi connectivity index (χ3n) is 6.54. The molecule has 0 radical (unpaired) electrons. The summed E-state index contributed by atoms with van der Waals surface area (Å²) in [6.45, 7) is 1.95. The molecule has 0 spiro atoms. The van der Waals surface area contributed by atoms with Gasteiger partial charge in [-0.1, -0.05) is 75.4 Å². The summed E-state index contributed by atoms with van der Waals surface area (Å²) in [5, 5.41) is 0. The van der Waals surface area contributed by atoms with Crippen LogP contribution in [0.25, 0.3) is 0 Å². The molecule has 2 atom stereocenters. The highest BCUT2D eigenvalue weighted by Gasteiger charge is 2.43. The van der Waals surface area contributed by atoms with E-state index in [-0.39, 0.29) is 22.1 Å². The fraction of sp³-hybridized carbons (Fsp3) is 0.458. The third-order valence-corrected chi connectivity index (χ3v) is 11.7. The molecule has 0 aromatic heterocycles. The Bertz CT molecular complexity index is 988. The van der Waals surface area contributed by atoms with E-state index in [1.807, 2.05) is 6.92 Å². The van der Waals surface area contributed by atoms with E-state index in [0.717, 1.165) is 32.0 Å². The smallest absolute Gasteiger partial charge is 0.195 e. The molecule has 168 valence electrons. The monoisotopic (exact) mass is 462 g/mol. The third kappa shape index (κ3) is 5.26. The molecule has 7 heteroatoms. The summed E-state index contributed by atoms with van der Waals surface area (Å²) >= 11 is 0. The van der Waals surface area contributed by atoms with Gasteiger partial charge in [-0.2, -0.15) is 0 Å². The molecule has 2 aromatic rings. The molecular weight excluding hydrogens is 432 g/mol. The van der Waals surface area contributed by atoms with Crippen LogP contribution < -0.4 is 0 Å². The minimum absolute atomic E-state index is 0.0468. The van der Waals surface area contributed by atoms with Crippen LogP contribution in [-0.4, -0.2) is 27.7 Å². The second kappa shape index (κ2) is 10.1. The summed E-state index contributed by atoms with van der Waals surface area (Å²) < 4.78 is 52.3. The molecule has 5 nitrogen and oxygen atoms in total. The molecule has 0 bridgehead atoms. The van der Waals surface area contributed by atoms with Gasteiger partial charge in [-0.05, 0) is 42.5 Å². The lowest BCUT2D eigenvalue weighted by molar-refractivity contribution is -0.113. The quantitative estimate of drug-likeness (QED) is 0.505. The van der Waals surface area contributed by atoms with Crippen LogP contribution in [0, 0.1) is 17.8 Å². The summed E-state index contributed by atoms with van der Waals surface area (Å²) in [6.07, 6.45) is 5.86. The minimum Gasteiger partial charge on any atom is -0.303 e. The maximum absolute atomic E-state index is 13.5. The normalized spacial score (nSPS) is 17.9. The van der Waals surface area contributed by atoms with Crippen molar-refractivity contribution < 1.29 is 21.6 Å². The van der Waals surface area contributed by atoms with E-state index in [1.165, 1.54) is 30.7 Å². The largest absolute Gasteiger partial charge is 0.303 e. The minimum atomic E-state index is -4.22. The van der Waals surface area contributed by atoms with Gasteiger partial charge in [0.1, 0.15) is 6.29 Å². The number of rotatable bonds is 9. The lowest BCUT2D eigenvalue weighted by Gasteiger charge is -2.32. The molecule has 0 heterocycles. The van der Waals surface area contributed by atoms with Crippen LogP contribution in [0.2, 0.25) is 0 Å². The first-order valence-corrected chi connectivity index (χ1v) is 13.9. The van der Waals surface area contributed by atoms with Crippen molar-refractivity contribution in [2.45, 2.75) is 59.8 Å². The molecule has 1 fully saturated rings. The molecular formula is C24H30O5S2. The predicted octanol–water partition coefficient (Wildman–Crippen LogP) is 4.68. The highest BCUT2D eigenvalue weighted by atomic mass is 32.3. The summed E-state index contributed by atoms with van der Waals surface area (Å²) in [6, 6.07) is 15.3. The molecule has 31 heavy (non-hydrogen) atoms. The van der Waals surface area contributed by atoms with Gasteiger partial charge in [0, 0.05) is 5.92 Å². The Kier molecular flexibility index (Phi) is 7.70. The van der Waals surface area contributed by atoms with Crippen LogP contribution in [0.4, 0.5) is 0 Å². The molecule has 2 aromatic carbocycles. The lowest BCUT2D eigenvalue weighted by Crippen LogP contribution is -2.36. The van der Waals surface area contributed by atoms with Crippen molar-refractivity contribution in [1.29, 1.82) is 0 Å². The Morgan fingerprint density at radius 1 is 0.806 bits per heavy atom. The predicted molar refractivity (Wildman–Crippen MR) is 121 cm³/mol. The summed E-state index contributed by atoms with van der Waals surface area (Å²) in [5.41, 5.74) is 0. The number of sulfone groups is 2. The van der Waals surface area contributed by atoms with Gasteiger partial charge in [0.2, 0.25) is 0 Å². The highest BCUT2D eigenvalue weighted by molar-refractivity contribution is 8.09. The molecule has 3 rings (SSSR count). The van der Waals surface area contributed by atoms with Crippen molar-refractivity contribution in [2.75, 3.05) is 0 Å². The van der Waals surface area contributed by atoms with Crippen LogP contribution in [0.3, 0.4) is 0 Å². The average molecular weight is 463 g/mol. The molecule has 0 N–H and O–H groups in total. The average Bonchev–Trinajstić information content (AvgIpc) is 2.80. The van der Waals surface area contributed by atoms with Crippen molar-refractivity contribution in [3.8, 4) is 0 Å². The Hall–Kier alpha value is -1.99. The zero-order chi connectivity index (χ0) is 22.5. The van der Waals surface area contributed by atoms with Crippen LogP contribution in [0.15, 0.2) is 70.5 Å². The molecule has 0 unspecified atom stereocenters. The second-order valence-electron chi connectivity index (χ2n) is 8.44. The van der Waals surface area contributed by atoms with E-state index in [4.69, 9.17) is 0 Å². The van der Waals surface area contributed by atoms with Gasteiger partial charge in [0.15, 0.2) is 24.3 Å². The summed E-state index contributed by atoms with van der Waals surface area (Å²) in [4.78, 5) is 12.0. The number of aldehydes is 1. The zero-order valence-corrected chi connectivity index (χ0v) is 19.4. The Labute approximate surface area is 185 Å². The molecule has 0 amide bonds. The van der Waals surface area contributed by atoms with Crippen LogP contribution in [-0.2, 0) is 24.5 Å². The topological polar surface area (TPSA) is 85.3 Å². The zero-order valence-electron chi connectivity index (χ0n) is 17.8. The van der Waals surface area contributed by atoms with E-state index < -0.39 is 30.2 Å². The first-order valence-electron chi connectivity index (χ1n) is 10.8. The summed E-state index contributed by atoms with van der Waals surface area (Å²) in [5.74, 6) is -0.411. The molecule has 0 aliphatic heterocycles. The Morgan fingerprint density at radius 2 is 1.26 bits per heavy atom. The van der Waals surface area contributed by atoms with Crippen LogP contribution in [0.5, 0.6) is 0 Å². The van der Waals surface area contributed by atoms with Crippen LogP contribution in [0.1, 0.15) is 45.4 Å². The van der Waals surface area contributed by atoms with Crippen molar-refractivity contribution in [1.82, 2.24) is 0 Å². The molecule has 0 saturated heterocycles. The van der Waals surface area contributed by atoms with Crippen LogP contribution >= 0.6 is 0 Å². The maximum Gasteiger partial charge on any atom is 0.195 e. The Morgan fingerprint density at radius 3 is 1.68 bits per heavy atom. The Balaban J connectivity index is 2.02. The number of carbonyl (C=O) groups is 1. The maximum atomic E-state index is 13.5. The standard InChI is InChI=1S/C24H30O5S2/c1-19(20-11-5-2-6-12-20)21(18-25)17-24(30(26,27)22-13-7-3-8-14-22)31(28,29)23-15-9-4-10-16-23/h3-4,7-10,13-16,18-21,24H,2,5-6,11-12,17H2,1H3/t19-,21+/m0/s1. The molecule has 1 aliphatic carbocycles. The first kappa shape index (κ1) is 23.7. The van der Waals surface area contributed by atoms with Gasteiger partial charge >= 0.3 is 0 Å². The number of hydrogen-bond acceptors (Lipinski definition) is 5. The highest BCUT2D eigenvalue weighted by Crippen LogP contribution is 2.38. The molecule has 1 saturated carbocycles. The number of hydrogen-bond donors (Lipinski definition) is 0. The van der Waals surface area contributed by atoms with Gasteiger partial charge in [0.25, 0.3) is 0 Å². The van der Waals surface area contributed by atoms with Crippen molar-refractivity contribution in [3.05, 3.63) is 60.7 Å². The number of carbonyl (C=O) groups excluding carboxylic acids is 1.